The van der Waals surface area contributed by atoms with E-state index in [0.717, 1.165) is 0 Å². The Hall–Kier alpha value is 1.94. The van der Waals surface area contributed by atoms with Crippen molar-refractivity contribution in [3.05, 3.63) is 0 Å². The molecule has 0 N–H and O–H groups in total. The normalized spacial score (nSPS) is 5.00. The molecule has 0 aromatic heterocycles. The van der Waals surface area contributed by atoms with Crippen LogP contribution in [0, 0.1) is 0 Å². The second-order valence-electron chi connectivity index (χ2n) is 0.247. The summed E-state index contributed by atoms with van der Waals surface area (Å²) >= 11 is -1.94. The Labute approximate surface area is 63.6 Å². The summed E-state index contributed by atoms with van der Waals surface area (Å²) in [6.45, 7) is 0. The molecule has 0 atom stereocenters. The molecule has 0 aliphatic rings. The minimum absolute atomic E-state index is 0.125. The topological polar surface area (TPSA) is 17.1 Å². The molecular weight excluding hydrogens is 262 g/mol. The van der Waals surface area contributed by atoms with Gasteiger partial charge in [-0.05, 0) is 0 Å². The van der Waals surface area contributed by atoms with Gasteiger partial charge in [-0.25, -0.2) is 0 Å². The maximum absolute atomic E-state index is 8.38. The van der Waals surface area contributed by atoms with Gasteiger partial charge in [0.25, 0.3) is 0 Å². The summed E-state index contributed by atoms with van der Waals surface area (Å²) in [6.07, 6.45) is 0. The van der Waals surface area contributed by atoms with Crippen molar-refractivity contribution in [3.63, 3.8) is 0 Å². The fraction of sp³-hybridized carbons (Fsp3) is 0. The molecule has 6 heteroatoms. The van der Waals surface area contributed by atoms with Gasteiger partial charge in [-0.15, -0.1) is 0 Å². The Bertz CT molecular complexity index is 20.0. The van der Waals surface area contributed by atoms with E-state index in [1.807, 2.05) is 0 Å². The van der Waals surface area contributed by atoms with Crippen molar-refractivity contribution < 1.29 is 3.54 Å². The molecule has 0 aromatic rings. The van der Waals surface area contributed by atoms with Crippen LogP contribution < -0.4 is 0 Å². The van der Waals surface area contributed by atoms with Crippen LogP contribution in [0.4, 0.5) is 0 Å². The van der Waals surface area contributed by atoms with E-state index in [4.69, 9.17) is 32.5 Å². The standard InChI is InChI=1S/3ClH.2Ga.O.H/h3*1H;;;;/q;;;;+3;;/p-3. The number of hydrogen-bond acceptors (Lipinski definition) is 1. The first-order chi connectivity index (χ1) is 2.73. The van der Waals surface area contributed by atoms with Crippen molar-refractivity contribution in [3.8, 4) is 0 Å². The third-order valence-electron chi connectivity index (χ3n) is 0. The Morgan fingerprint density at radius 3 is 1.17 bits per heavy atom. The molecule has 0 heterocycles. The number of rotatable bonds is 0. The molecule has 0 saturated carbocycles. The molecule has 0 amide bonds. The van der Waals surface area contributed by atoms with Crippen molar-refractivity contribution in [2.75, 3.05) is 0 Å². The molecule has 1 nitrogen and oxygen atoms in total. The SMILES string of the molecule is [Cl][Ga]([Cl])[Cl].[O]=[GaH]. The van der Waals surface area contributed by atoms with Gasteiger partial charge in [-0.1, -0.05) is 0 Å². The molecule has 0 unspecified atom stereocenters. The van der Waals surface area contributed by atoms with Gasteiger partial charge in [-0.2, -0.15) is 0 Å². The predicted octanol–water partition coefficient (Wildman–Crippen LogP) is 0.920. The van der Waals surface area contributed by atoms with Crippen molar-refractivity contribution >= 4 is 60.7 Å². The molecule has 0 saturated heterocycles. The summed E-state index contributed by atoms with van der Waals surface area (Å²) in [6, 6.07) is 0. The maximum atomic E-state index is 8.38. The Kier molecular flexibility index (Phi) is 18.1. The first-order valence-electron chi connectivity index (χ1n) is 0.943. The predicted molar refractivity (Wildman–Crippen MR) is 31.1 cm³/mol. The summed E-state index contributed by atoms with van der Waals surface area (Å²) in [5.74, 6) is 0. The molecule has 0 aliphatic carbocycles. The molecule has 0 aliphatic heterocycles. The van der Waals surface area contributed by atoms with E-state index in [-0.39, 0.29) is 18.6 Å². The van der Waals surface area contributed by atoms with Crippen LogP contribution in [0.1, 0.15) is 0 Å². The molecule has 0 bridgehead atoms. The average Bonchev–Trinajstić information content (AvgIpc) is 1.41. The van der Waals surface area contributed by atoms with Gasteiger partial charge < -0.3 is 0 Å². The van der Waals surface area contributed by atoms with E-state index in [2.05, 4.69) is 0 Å². The van der Waals surface area contributed by atoms with Gasteiger partial charge in [0.15, 0.2) is 0 Å². The van der Waals surface area contributed by atoms with E-state index >= 15 is 0 Å². The number of halogens is 3. The molecular formula is HCl3Ga2O. The van der Waals surface area contributed by atoms with Crippen LogP contribution in [-0.2, 0) is 3.54 Å². The van der Waals surface area contributed by atoms with Crippen molar-refractivity contribution in [2.45, 2.75) is 0 Å². The summed E-state index contributed by atoms with van der Waals surface area (Å²) in [4.78, 5) is 0. The van der Waals surface area contributed by atoms with Gasteiger partial charge in [0, 0.05) is 0 Å². The van der Waals surface area contributed by atoms with Crippen LogP contribution in [0.3, 0.4) is 0 Å². The zero-order valence-corrected chi connectivity index (χ0v) is 10.5. The minimum atomic E-state index is -2.06. The van der Waals surface area contributed by atoms with E-state index in [0.29, 0.717) is 0 Å². The van der Waals surface area contributed by atoms with Gasteiger partial charge >= 0.3 is 64.2 Å². The quantitative estimate of drug-likeness (QED) is 0.594. The van der Waals surface area contributed by atoms with Crippen LogP contribution >= 0.6 is 28.9 Å². The fourth-order valence-electron chi connectivity index (χ4n) is 0. The molecule has 0 spiro atoms. The summed E-state index contributed by atoms with van der Waals surface area (Å²) in [5, 5.41) is 0. The third kappa shape index (κ3) is 38.5. The molecule has 0 aromatic carbocycles. The Balaban J connectivity index is 0. The average molecular weight is 263 g/mol. The zero-order chi connectivity index (χ0) is 5.58. The van der Waals surface area contributed by atoms with Crippen LogP contribution in [0.25, 0.3) is 0 Å². The van der Waals surface area contributed by atoms with E-state index in [9.17, 15) is 0 Å². The Morgan fingerprint density at radius 1 is 1.17 bits per heavy atom. The van der Waals surface area contributed by atoms with Gasteiger partial charge in [0.2, 0.25) is 0 Å². The molecule has 6 heavy (non-hydrogen) atoms. The van der Waals surface area contributed by atoms with Crippen LogP contribution in [-0.4, -0.2) is 31.8 Å². The van der Waals surface area contributed by atoms with Crippen molar-refractivity contribution in [2.24, 2.45) is 0 Å². The van der Waals surface area contributed by atoms with Crippen molar-refractivity contribution in [1.29, 1.82) is 0 Å². The van der Waals surface area contributed by atoms with Crippen LogP contribution in [0.5, 0.6) is 0 Å². The van der Waals surface area contributed by atoms with Crippen LogP contribution in [0.15, 0.2) is 0 Å². The van der Waals surface area contributed by atoms with Crippen LogP contribution in [0.2, 0.25) is 0 Å². The molecule has 0 fully saturated rings. The van der Waals surface area contributed by atoms with Gasteiger partial charge in [0.05, 0.1) is 0 Å². The molecule has 34 valence electrons. The second kappa shape index (κ2) is 10.0. The monoisotopic (exact) mass is 260 g/mol. The zero-order valence-electron chi connectivity index (χ0n) is 2.83. The summed E-state index contributed by atoms with van der Waals surface area (Å²) in [5.41, 5.74) is 0. The Morgan fingerprint density at radius 2 is 1.17 bits per heavy atom. The van der Waals surface area contributed by atoms with E-state index in [1.165, 1.54) is 0 Å². The second-order valence-corrected chi connectivity index (χ2v) is 11.6. The first-order valence-corrected chi connectivity index (χ1v) is 11.7. The third-order valence-corrected chi connectivity index (χ3v) is 0. The number of hydrogen-bond donors (Lipinski definition) is 0. The van der Waals surface area contributed by atoms with E-state index < -0.39 is 13.2 Å². The van der Waals surface area contributed by atoms with Crippen molar-refractivity contribution in [1.82, 2.24) is 0 Å². The molecule has 0 radical (unpaired) electrons. The summed E-state index contributed by atoms with van der Waals surface area (Å²) < 4.78 is 8.38. The van der Waals surface area contributed by atoms with Gasteiger partial charge in [0.1, 0.15) is 0 Å². The van der Waals surface area contributed by atoms with Gasteiger partial charge in [-0.3, -0.25) is 0 Å². The fourth-order valence-corrected chi connectivity index (χ4v) is 0. The summed E-state index contributed by atoms with van der Waals surface area (Å²) in [7, 11) is 15.0. The molecule has 0 rings (SSSR count). The first kappa shape index (κ1) is 10.8. The van der Waals surface area contributed by atoms with E-state index in [1.54, 1.807) is 0 Å².